The predicted molar refractivity (Wildman–Crippen MR) is 93.8 cm³/mol. The zero-order chi connectivity index (χ0) is 18.9. The van der Waals surface area contributed by atoms with Crippen molar-refractivity contribution in [3.63, 3.8) is 0 Å². The maximum atomic E-state index is 12.9. The lowest BCUT2D eigenvalue weighted by atomic mass is 10.3. The summed E-state index contributed by atoms with van der Waals surface area (Å²) in [6.07, 6.45) is 0. The molecule has 0 fully saturated rings. The third kappa shape index (κ3) is 3.65. The number of imidazole rings is 1. The summed E-state index contributed by atoms with van der Waals surface area (Å²) in [5.41, 5.74) is 0.737. The number of sulfonamides is 1. The number of nitrogens with one attached hydrogen (secondary N) is 3. The van der Waals surface area contributed by atoms with Crippen LogP contribution < -0.4 is 11.0 Å². The van der Waals surface area contributed by atoms with Gasteiger partial charge in [-0.3, -0.25) is 4.79 Å². The highest BCUT2D eigenvalue weighted by atomic mass is 32.2. The van der Waals surface area contributed by atoms with E-state index < -0.39 is 34.0 Å². The van der Waals surface area contributed by atoms with Crippen LogP contribution in [0.3, 0.4) is 0 Å². The largest absolute Gasteiger partial charge is 0.325 e. The highest BCUT2D eigenvalue weighted by Gasteiger charge is 2.23. The van der Waals surface area contributed by atoms with E-state index in [0.29, 0.717) is 16.7 Å². The number of hydrogen-bond acceptors (Lipinski definition) is 4. The molecule has 0 aliphatic rings. The number of aromatic nitrogens is 2. The number of aromatic amines is 2. The lowest BCUT2D eigenvalue weighted by Gasteiger charge is -2.17. The minimum Gasteiger partial charge on any atom is -0.325 e. The number of hydrogen-bond donors (Lipinski definition) is 3. The van der Waals surface area contributed by atoms with Gasteiger partial charge < -0.3 is 15.3 Å². The molecular weight excluding hydrogens is 363 g/mol. The Morgan fingerprint density at radius 1 is 1.12 bits per heavy atom. The molecule has 0 aliphatic carbocycles. The SMILES string of the molecule is CN(CC(=O)Nc1ccc(F)cc1)S(=O)(=O)c1ccc2[nH]c(=O)[nH]c2c1. The van der Waals surface area contributed by atoms with Gasteiger partial charge in [-0.25, -0.2) is 17.6 Å². The fourth-order valence-electron chi connectivity index (χ4n) is 2.37. The zero-order valence-corrected chi connectivity index (χ0v) is 14.4. The van der Waals surface area contributed by atoms with Crippen molar-refractivity contribution in [2.45, 2.75) is 4.90 Å². The summed E-state index contributed by atoms with van der Waals surface area (Å²) in [5, 5.41) is 2.49. The van der Waals surface area contributed by atoms with E-state index in [9.17, 15) is 22.4 Å². The number of amides is 1. The average Bonchev–Trinajstić information content (AvgIpc) is 2.95. The molecule has 0 spiro atoms. The van der Waals surface area contributed by atoms with Gasteiger partial charge in [0.25, 0.3) is 0 Å². The van der Waals surface area contributed by atoms with Gasteiger partial charge in [0.1, 0.15) is 5.82 Å². The van der Waals surface area contributed by atoms with E-state index >= 15 is 0 Å². The van der Waals surface area contributed by atoms with E-state index in [1.807, 2.05) is 0 Å². The number of likely N-dealkylation sites (N-methyl/N-ethyl adjacent to an activating group) is 1. The lowest BCUT2D eigenvalue weighted by Crippen LogP contribution is -2.34. The van der Waals surface area contributed by atoms with Crippen LogP contribution in [0.4, 0.5) is 10.1 Å². The minimum absolute atomic E-state index is 0.0580. The number of anilines is 1. The quantitative estimate of drug-likeness (QED) is 0.620. The number of halogens is 1. The van der Waals surface area contributed by atoms with Crippen molar-refractivity contribution in [2.24, 2.45) is 0 Å². The number of rotatable bonds is 5. The predicted octanol–water partition coefficient (Wildman–Crippen LogP) is 1.25. The molecule has 136 valence electrons. The molecule has 8 nitrogen and oxygen atoms in total. The second-order valence-electron chi connectivity index (χ2n) is 5.60. The number of fused-ring (bicyclic) bond motifs is 1. The summed E-state index contributed by atoms with van der Waals surface area (Å²) in [6.45, 7) is -0.429. The summed E-state index contributed by atoms with van der Waals surface area (Å²) in [7, 11) is -2.67. The summed E-state index contributed by atoms with van der Waals surface area (Å²) >= 11 is 0. The molecule has 3 aromatic rings. The first-order valence-electron chi connectivity index (χ1n) is 7.49. The van der Waals surface area contributed by atoms with Crippen molar-refractivity contribution >= 4 is 32.7 Å². The van der Waals surface area contributed by atoms with E-state index in [-0.39, 0.29) is 4.90 Å². The highest BCUT2D eigenvalue weighted by Crippen LogP contribution is 2.18. The molecule has 10 heteroatoms. The topological polar surface area (TPSA) is 115 Å². The van der Waals surface area contributed by atoms with Crippen molar-refractivity contribution in [2.75, 3.05) is 18.9 Å². The fourth-order valence-corrected chi connectivity index (χ4v) is 3.53. The van der Waals surface area contributed by atoms with Crippen molar-refractivity contribution in [3.05, 3.63) is 58.8 Å². The van der Waals surface area contributed by atoms with Crippen LogP contribution in [0, 0.1) is 5.82 Å². The molecule has 0 atom stereocenters. The van der Waals surface area contributed by atoms with E-state index in [2.05, 4.69) is 15.3 Å². The molecule has 1 amide bonds. The molecule has 3 N–H and O–H groups in total. The number of carbonyl (C=O) groups is 1. The normalized spacial score (nSPS) is 11.8. The van der Waals surface area contributed by atoms with Crippen LogP contribution >= 0.6 is 0 Å². The summed E-state index contributed by atoms with van der Waals surface area (Å²) in [6, 6.07) is 9.24. The van der Waals surface area contributed by atoms with Gasteiger partial charge in [0.05, 0.1) is 22.5 Å². The number of H-pyrrole nitrogens is 2. The van der Waals surface area contributed by atoms with Gasteiger partial charge in [0, 0.05) is 12.7 Å². The van der Waals surface area contributed by atoms with Gasteiger partial charge in [0.15, 0.2) is 0 Å². The van der Waals surface area contributed by atoms with Gasteiger partial charge >= 0.3 is 5.69 Å². The Morgan fingerprint density at radius 2 is 1.77 bits per heavy atom. The molecule has 0 bridgehead atoms. The standard InChI is InChI=1S/C16H15FN4O4S/c1-21(9-15(22)18-11-4-2-10(17)3-5-11)26(24,25)12-6-7-13-14(8-12)20-16(23)19-13/h2-8H,9H2,1H3,(H,18,22)(H2,19,20,23). The monoisotopic (exact) mass is 378 g/mol. The Bertz CT molecular complexity index is 1120. The number of carbonyl (C=O) groups excluding carboxylic acids is 1. The average molecular weight is 378 g/mol. The van der Waals surface area contributed by atoms with Crippen LogP contribution in [0.1, 0.15) is 0 Å². The van der Waals surface area contributed by atoms with Crippen LogP contribution in [0.2, 0.25) is 0 Å². The Hall–Kier alpha value is -2.98. The van der Waals surface area contributed by atoms with Gasteiger partial charge in [-0.2, -0.15) is 4.31 Å². The fraction of sp³-hybridized carbons (Fsp3) is 0.125. The van der Waals surface area contributed by atoms with Gasteiger partial charge in [-0.1, -0.05) is 0 Å². The minimum atomic E-state index is -3.94. The Kier molecular flexibility index (Phi) is 4.62. The molecule has 0 aliphatic heterocycles. The molecule has 2 aromatic carbocycles. The number of benzene rings is 2. The van der Waals surface area contributed by atoms with Crippen molar-refractivity contribution in [1.82, 2.24) is 14.3 Å². The Morgan fingerprint density at radius 3 is 2.46 bits per heavy atom. The van der Waals surface area contributed by atoms with Gasteiger partial charge in [-0.15, -0.1) is 0 Å². The molecule has 0 radical (unpaired) electrons. The molecular formula is C16H15FN4O4S. The van der Waals surface area contributed by atoms with E-state index in [1.54, 1.807) is 0 Å². The Labute approximate surface area is 147 Å². The molecule has 1 aromatic heterocycles. The van der Waals surface area contributed by atoms with Crippen LogP contribution in [0.25, 0.3) is 11.0 Å². The second kappa shape index (κ2) is 6.73. The first-order chi connectivity index (χ1) is 12.3. The van der Waals surface area contributed by atoms with E-state index in [0.717, 1.165) is 4.31 Å². The highest BCUT2D eigenvalue weighted by molar-refractivity contribution is 7.89. The van der Waals surface area contributed by atoms with Crippen LogP contribution in [-0.2, 0) is 14.8 Å². The van der Waals surface area contributed by atoms with Crippen molar-refractivity contribution < 1.29 is 17.6 Å². The number of nitrogens with zero attached hydrogens (tertiary/aromatic N) is 1. The van der Waals surface area contributed by atoms with E-state index in [1.165, 1.54) is 49.5 Å². The third-order valence-corrected chi connectivity index (χ3v) is 5.49. The third-order valence-electron chi connectivity index (χ3n) is 3.69. The van der Waals surface area contributed by atoms with Crippen LogP contribution in [-0.4, -0.2) is 42.2 Å². The van der Waals surface area contributed by atoms with Crippen molar-refractivity contribution in [3.8, 4) is 0 Å². The van der Waals surface area contributed by atoms with Crippen molar-refractivity contribution in [1.29, 1.82) is 0 Å². The smallest absolute Gasteiger partial charge is 0.323 e. The molecule has 26 heavy (non-hydrogen) atoms. The molecule has 3 rings (SSSR count). The Balaban J connectivity index is 1.75. The molecule has 0 unspecified atom stereocenters. The maximum absolute atomic E-state index is 12.9. The lowest BCUT2D eigenvalue weighted by molar-refractivity contribution is -0.116. The van der Waals surface area contributed by atoms with Crippen LogP contribution in [0.15, 0.2) is 52.2 Å². The second-order valence-corrected chi connectivity index (χ2v) is 7.65. The summed E-state index contributed by atoms with van der Waals surface area (Å²) < 4.78 is 39.0. The van der Waals surface area contributed by atoms with E-state index in [4.69, 9.17) is 0 Å². The van der Waals surface area contributed by atoms with Gasteiger partial charge in [0.2, 0.25) is 15.9 Å². The van der Waals surface area contributed by atoms with Crippen LogP contribution in [0.5, 0.6) is 0 Å². The molecule has 1 heterocycles. The first kappa shape index (κ1) is 17.8. The molecule has 0 saturated carbocycles. The first-order valence-corrected chi connectivity index (χ1v) is 8.93. The zero-order valence-electron chi connectivity index (χ0n) is 13.6. The summed E-state index contributed by atoms with van der Waals surface area (Å²) in [5.74, 6) is -1.01. The molecule has 0 saturated heterocycles. The maximum Gasteiger partial charge on any atom is 0.323 e. The van der Waals surface area contributed by atoms with Gasteiger partial charge in [-0.05, 0) is 42.5 Å². The summed E-state index contributed by atoms with van der Waals surface area (Å²) in [4.78, 5) is 28.3.